The number of rotatable bonds is 6. The van der Waals surface area contributed by atoms with E-state index in [2.05, 4.69) is 0 Å². The molecule has 0 spiro atoms. The minimum absolute atomic E-state index is 0.0934. The van der Waals surface area contributed by atoms with Gasteiger partial charge in [-0.25, -0.2) is 4.79 Å². The molecule has 4 rings (SSSR count). The number of aliphatic hydroxyl groups is 1. The van der Waals surface area contributed by atoms with Gasteiger partial charge in [-0.15, -0.1) is 0 Å². The summed E-state index contributed by atoms with van der Waals surface area (Å²) in [6.45, 7) is 0.137. The molecule has 1 heterocycles. The molecule has 28 heavy (non-hydrogen) atoms. The Labute approximate surface area is 166 Å². The zero-order valence-electron chi connectivity index (χ0n) is 16.4. The van der Waals surface area contributed by atoms with Crippen molar-refractivity contribution in [3.63, 3.8) is 0 Å². The van der Waals surface area contributed by atoms with Gasteiger partial charge in [0.1, 0.15) is 11.5 Å². The highest BCUT2D eigenvalue weighted by Gasteiger charge is 2.38. The molecule has 0 bridgehead atoms. The van der Waals surface area contributed by atoms with E-state index in [-0.39, 0.29) is 29.8 Å². The Morgan fingerprint density at radius 1 is 1.07 bits per heavy atom. The van der Waals surface area contributed by atoms with Crippen LogP contribution in [0.2, 0.25) is 0 Å². The maximum absolute atomic E-state index is 13.1. The molecule has 2 N–H and O–H groups in total. The van der Waals surface area contributed by atoms with E-state index in [0.29, 0.717) is 23.7 Å². The van der Waals surface area contributed by atoms with Gasteiger partial charge in [-0.3, -0.25) is 0 Å². The Balaban J connectivity index is 1.81. The van der Waals surface area contributed by atoms with Crippen LogP contribution in [0.25, 0.3) is 0 Å². The lowest BCUT2D eigenvalue weighted by Crippen LogP contribution is -2.20. The van der Waals surface area contributed by atoms with Crippen LogP contribution < -0.4 is 5.63 Å². The van der Waals surface area contributed by atoms with E-state index >= 15 is 0 Å². The van der Waals surface area contributed by atoms with Crippen LogP contribution in [0.4, 0.5) is 0 Å². The first kappa shape index (κ1) is 19.3. The minimum Gasteiger partial charge on any atom is -0.507 e. The highest BCUT2D eigenvalue weighted by Crippen LogP contribution is 2.49. The minimum atomic E-state index is -0.383. The van der Waals surface area contributed by atoms with E-state index in [1.807, 2.05) is 30.3 Å². The molecule has 2 aromatic rings. The van der Waals surface area contributed by atoms with Crippen LogP contribution in [-0.2, 0) is 6.42 Å². The van der Waals surface area contributed by atoms with E-state index in [0.717, 1.165) is 62.5 Å². The summed E-state index contributed by atoms with van der Waals surface area (Å²) in [6, 6.07) is 10.0. The molecule has 1 aromatic heterocycles. The molecule has 2 aliphatic rings. The molecule has 1 fully saturated rings. The lowest BCUT2D eigenvalue weighted by atomic mass is 9.83. The van der Waals surface area contributed by atoms with Crippen molar-refractivity contribution in [1.29, 1.82) is 0 Å². The lowest BCUT2D eigenvalue weighted by molar-refractivity contribution is 0.269. The molecule has 0 aliphatic heterocycles. The summed E-state index contributed by atoms with van der Waals surface area (Å²) in [4.78, 5) is 13.1. The van der Waals surface area contributed by atoms with Gasteiger partial charge < -0.3 is 14.6 Å². The third kappa shape index (κ3) is 3.88. The van der Waals surface area contributed by atoms with Gasteiger partial charge in [0.2, 0.25) is 0 Å². The molecular formula is C24H30O4. The zero-order chi connectivity index (χ0) is 19.5. The van der Waals surface area contributed by atoms with E-state index in [1.165, 1.54) is 0 Å². The van der Waals surface area contributed by atoms with Gasteiger partial charge in [0.25, 0.3) is 0 Å². The highest BCUT2D eigenvalue weighted by atomic mass is 16.4. The molecular weight excluding hydrogens is 352 g/mol. The fraction of sp³-hybridized carbons (Fsp3) is 0.542. The maximum atomic E-state index is 13.1. The van der Waals surface area contributed by atoms with Gasteiger partial charge in [-0.1, -0.05) is 43.2 Å². The summed E-state index contributed by atoms with van der Waals surface area (Å²) < 4.78 is 5.94. The average Bonchev–Trinajstić information content (AvgIpc) is 3.52. The SMILES string of the molecule is O=c1oc2c(c(O)c1C(c1ccccc1)C1CC1)CCCCCC2CCCO. The monoisotopic (exact) mass is 382 g/mol. The summed E-state index contributed by atoms with van der Waals surface area (Å²) in [7, 11) is 0. The molecule has 1 saturated carbocycles. The number of benzene rings is 1. The Hall–Kier alpha value is -2.07. The fourth-order valence-corrected chi connectivity index (χ4v) is 4.82. The molecule has 2 atom stereocenters. The molecule has 2 unspecified atom stereocenters. The largest absolute Gasteiger partial charge is 0.507 e. The van der Waals surface area contributed by atoms with Crippen molar-refractivity contribution in [2.45, 2.75) is 69.6 Å². The van der Waals surface area contributed by atoms with Gasteiger partial charge >= 0.3 is 5.63 Å². The van der Waals surface area contributed by atoms with Crippen molar-refractivity contribution >= 4 is 0 Å². The number of aromatic hydroxyl groups is 1. The lowest BCUT2D eigenvalue weighted by Gasteiger charge is -2.25. The number of hydrogen-bond donors (Lipinski definition) is 2. The normalized spacial score (nSPS) is 20.8. The van der Waals surface area contributed by atoms with Gasteiger partial charge in [0.15, 0.2) is 0 Å². The topological polar surface area (TPSA) is 70.7 Å². The van der Waals surface area contributed by atoms with Crippen molar-refractivity contribution in [2.75, 3.05) is 6.61 Å². The van der Waals surface area contributed by atoms with Crippen LogP contribution in [0.15, 0.2) is 39.5 Å². The van der Waals surface area contributed by atoms with Crippen molar-refractivity contribution < 1.29 is 14.6 Å². The first-order chi connectivity index (χ1) is 13.7. The van der Waals surface area contributed by atoms with Crippen LogP contribution >= 0.6 is 0 Å². The van der Waals surface area contributed by atoms with E-state index < -0.39 is 0 Å². The molecule has 1 aromatic carbocycles. The van der Waals surface area contributed by atoms with Crippen molar-refractivity contribution in [3.05, 3.63) is 63.2 Å². The van der Waals surface area contributed by atoms with Gasteiger partial charge in [-0.05, 0) is 56.4 Å². The quantitative estimate of drug-likeness (QED) is 0.748. The summed E-state index contributed by atoms with van der Waals surface area (Å²) in [5.41, 5.74) is 1.98. The Morgan fingerprint density at radius 2 is 1.86 bits per heavy atom. The summed E-state index contributed by atoms with van der Waals surface area (Å²) in [6.07, 6.45) is 8.54. The Kier molecular flexibility index (Phi) is 5.86. The predicted octanol–water partition coefficient (Wildman–Crippen LogP) is 4.86. The third-order valence-electron chi connectivity index (χ3n) is 6.38. The third-order valence-corrected chi connectivity index (χ3v) is 6.38. The molecule has 0 radical (unpaired) electrons. The fourth-order valence-electron chi connectivity index (χ4n) is 4.82. The predicted molar refractivity (Wildman–Crippen MR) is 109 cm³/mol. The molecule has 4 nitrogen and oxygen atoms in total. The number of hydrogen-bond acceptors (Lipinski definition) is 4. The van der Waals surface area contributed by atoms with Crippen LogP contribution in [0.5, 0.6) is 5.75 Å². The highest BCUT2D eigenvalue weighted by molar-refractivity contribution is 5.47. The second kappa shape index (κ2) is 8.52. The summed E-state index contributed by atoms with van der Waals surface area (Å²) >= 11 is 0. The standard InChI is InChI=1S/C24H30O4/c25-15-7-11-18-10-5-2-6-12-19-22(26)21(24(27)28-23(18)19)20(17-13-14-17)16-8-3-1-4-9-16/h1,3-4,8-9,17-18,20,25-26H,2,5-7,10-15H2. The van der Waals surface area contributed by atoms with Crippen molar-refractivity contribution in [3.8, 4) is 5.75 Å². The molecule has 0 saturated heterocycles. The van der Waals surface area contributed by atoms with E-state index in [4.69, 9.17) is 4.42 Å². The van der Waals surface area contributed by atoms with Crippen LogP contribution in [0.1, 0.15) is 85.7 Å². The molecule has 2 aliphatic carbocycles. The average molecular weight is 383 g/mol. The molecule has 4 heteroatoms. The smallest absolute Gasteiger partial charge is 0.343 e. The summed E-state index contributed by atoms with van der Waals surface area (Å²) in [5, 5.41) is 20.5. The Morgan fingerprint density at radius 3 is 2.57 bits per heavy atom. The second-order valence-electron chi connectivity index (χ2n) is 8.38. The second-order valence-corrected chi connectivity index (χ2v) is 8.38. The number of aliphatic hydroxyl groups excluding tert-OH is 1. The molecule has 0 amide bonds. The Bertz CT molecular complexity index is 851. The van der Waals surface area contributed by atoms with E-state index in [1.54, 1.807) is 0 Å². The first-order valence-corrected chi connectivity index (χ1v) is 10.7. The van der Waals surface area contributed by atoms with Crippen LogP contribution in [-0.4, -0.2) is 16.8 Å². The van der Waals surface area contributed by atoms with Crippen molar-refractivity contribution in [2.24, 2.45) is 5.92 Å². The zero-order valence-corrected chi connectivity index (χ0v) is 16.4. The van der Waals surface area contributed by atoms with E-state index in [9.17, 15) is 15.0 Å². The van der Waals surface area contributed by atoms with Crippen LogP contribution in [0, 0.1) is 5.92 Å². The first-order valence-electron chi connectivity index (χ1n) is 10.7. The van der Waals surface area contributed by atoms with Crippen molar-refractivity contribution in [1.82, 2.24) is 0 Å². The summed E-state index contributed by atoms with van der Waals surface area (Å²) in [5.74, 6) is 1.24. The van der Waals surface area contributed by atoms with Crippen LogP contribution in [0.3, 0.4) is 0 Å². The van der Waals surface area contributed by atoms with Gasteiger partial charge in [0, 0.05) is 24.0 Å². The molecule has 150 valence electrons. The van der Waals surface area contributed by atoms with Gasteiger partial charge in [0.05, 0.1) is 5.56 Å². The number of fused-ring (bicyclic) bond motifs is 1. The maximum Gasteiger partial charge on any atom is 0.343 e. The van der Waals surface area contributed by atoms with Gasteiger partial charge in [-0.2, -0.15) is 0 Å².